The van der Waals surface area contributed by atoms with Crippen LogP contribution in [0.4, 0.5) is 24.5 Å². The van der Waals surface area contributed by atoms with Crippen LogP contribution in [0.1, 0.15) is 21.5 Å². The first kappa shape index (κ1) is 24.7. The summed E-state index contributed by atoms with van der Waals surface area (Å²) >= 11 is 0. The van der Waals surface area contributed by atoms with Crippen LogP contribution in [0.25, 0.3) is 6.08 Å². The minimum Gasteiger partial charge on any atom is -0.423 e. The predicted molar refractivity (Wildman–Crippen MR) is 118 cm³/mol. The minimum absolute atomic E-state index is 0.194. The van der Waals surface area contributed by atoms with Crippen molar-refractivity contribution < 1.29 is 32.4 Å². The van der Waals surface area contributed by atoms with Crippen molar-refractivity contribution in [2.45, 2.75) is 6.18 Å². The molecule has 0 atom stereocenters. The predicted octanol–water partition coefficient (Wildman–Crippen LogP) is 5.38. The highest BCUT2D eigenvalue weighted by Gasteiger charge is 2.35. The molecule has 11 heteroatoms. The van der Waals surface area contributed by atoms with Crippen LogP contribution in [-0.2, 0) is 11.0 Å². The van der Waals surface area contributed by atoms with Crippen LogP contribution in [0.3, 0.4) is 0 Å². The van der Waals surface area contributed by atoms with Crippen LogP contribution in [0, 0.1) is 21.4 Å². The van der Waals surface area contributed by atoms with Gasteiger partial charge < -0.3 is 10.1 Å². The fourth-order valence-electron chi connectivity index (χ4n) is 2.87. The van der Waals surface area contributed by atoms with Crippen molar-refractivity contribution in [1.82, 2.24) is 0 Å². The summed E-state index contributed by atoms with van der Waals surface area (Å²) in [7, 11) is 0. The van der Waals surface area contributed by atoms with Gasteiger partial charge in [-0.25, -0.2) is 4.79 Å². The van der Waals surface area contributed by atoms with Crippen molar-refractivity contribution in [3.8, 4) is 11.8 Å². The van der Waals surface area contributed by atoms with Gasteiger partial charge in [-0.3, -0.25) is 14.9 Å². The number of esters is 1. The van der Waals surface area contributed by atoms with E-state index in [1.807, 2.05) is 5.32 Å². The van der Waals surface area contributed by atoms with E-state index in [2.05, 4.69) is 0 Å². The lowest BCUT2D eigenvalue weighted by molar-refractivity contribution is -0.385. The number of alkyl halides is 3. The van der Waals surface area contributed by atoms with Crippen molar-refractivity contribution in [3.05, 3.63) is 105 Å². The van der Waals surface area contributed by atoms with Crippen molar-refractivity contribution >= 4 is 29.3 Å². The molecule has 0 aromatic heterocycles. The molecule has 3 aromatic carbocycles. The molecule has 0 unspecified atom stereocenters. The highest BCUT2D eigenvalue weighted by molar-refractivity contribution is 6.10. The van der Waals surface area contributed by atoms with E-state index in [4.69, 9.17) is 4.74 Å². The average molecular weight is 481 g/mol. The normalized spacial score (nSPS) is 11.3. The maximum atomic E-state index is 13.3. The number of ether oxygens (including phenoxy) is 1. The van der Waals surface area contributed by atoms with Gasteiger partial charge in [0.05, 0.1) is 21.7 Å². The number of nitriles is 1. The molecule has 1 amide bonds. The molecule has 0 radical (unpaired) electrons. The van der Waals surface area contributed by atoms with Gasteiger partial charge >= 0.3 is 12.1 Å². The molecular formula is C24H14F3N3O5. The zero-order valence-electron chi connectivity index (χ0n) is 17.6. The number of benzene rings is 3. The monoisotopic (exact) mass is 481 g/mol. The third kappa shape index (κ3) is 6.29. The molecule has 3 aromatic rings. The maximum Gasteiger partial charge on any atom is 0.418 e. The number of nitrogens with zero attached hydrogens (tertiary/aromatic N) is 2. The third-order valence-electron chi connectivity index (χ3n) is 4.54. The fraction of sp³-hybridized carbons (Fsp3) is 0.0417. The second kappa shape index (κ2) is 10.3. The molecule has 3 rings (SSSR count). The Hall–Kier alpha value is -4.98. The van der Waals surface area contributed by atoms with Gasteiger partial charge in [0.2, 0.25) is 0 Å². The smallest absolute Gasteiger partial charge is 0.418 e. The second-order valence-corrected chi connectivity index (χ2v) is 6.93. The van der Waals surface area contributed by atoms with E-state index in [0.29, 0.717) is 17.2 Å². The molecule has 8 nitrogen and oxygen atoms in total. The number of anilines is 1. The van der Waals surface area contributed by atoms with Crippen LogP contribution in [0.2, 0.25) is 0 Å². The Morgan fingerprint density at radius 3 is 2.26 bits per heavy atom. The average Bonchev–Trinajstić information content (AvgIpc) is 2.83. The van der Waals surface area contributed by atoms with E-state index in [1.54, 1.807) is 36.4 Å². The zero-order chi connectivity index (χ0) is 25.6. The molecule has 0 aliphatic rings. The van der Waals surface area contributed by atoms with Crippen molar-refractivity contribution in [1.29, 1.82) is 5.26 Å². The number of nitro groups is 1. The summed E-state index contributed by atoms with van der Waals surface area (Å²) in [6, 6.07) is 17.4. The van der Waals surface area contributed by atoms with Gasteiger partial charge in [-0.05, 0) is 42.0 Å². The number of amides is 1. The Morgan fingerprint density at radius 1 is 1.03 bits per heavy atom. The number of nitrogens with one attached hydrogen (secondary N) is 1. The van der Waals surface area contributed by atoms with Gasteiger partial charge in [0, 0.05) is 12.1 Å². The van der Waals surface area contributed by atoms with Gasteiger partial charge in [-0.1, -0.05) is 30.3 Å². The maximum absolute atomic E-state index is 13.3. The molecule has 0 saturated carbocycles. The number of non-ortho nitro benzene ring substituents is 1. The number of carbonyl (C=O) groups is 2. The Balaban J connectivity index is 1.78. The molecule has 0 spiro atoms. The summed E-state index contributed by atoms with van der Waals surface area (Å²) in [6.07, 6.45) is -3.87. The van der Waals surface area contributed by atoms with Gasteiger partial charge in [0.15, 0.2) is 0 Å². The highest BCUT2D eigenvalue weighted by atomic mass is 19.4. The van der Waals surface area contributed by atoms with Crippen molar-refractivity contribution in [2.75, 3.05) is 5.32 Å². The van der Waals surface area contributed by atoms with Gasteiger partial charge in [0.1, 0.15) is 17.4 Å². The summed E-state index contributed by atoms with van der Waals surface area (Å²) in [5, 5.41) is 22.1. The first-order chi connectivity index (χ1) is 16.6. The van der Waals surface area contributed by atoms with E-state index in [9.17, 15) is 38.1 Å². The molecule has 0 saturated heterocycles. The van der Waals surface area contributed by atoms with E-state index < -0.39 is 45.5 Å². The Labute approximate surface area is 196 Å². The Bertz CT molecular complexity index is 1350. The van der Waals surface area contributed by atoms with Gasteiger partial charge in [-0.15, -0.1) is 0 Å². The van der Waals surface area contributed by atoms with E-state index in [0.717, 1.165) is 18.2 Å². The largest absolute Gasteiger partial charge is 0.423 e. The lowest BCUT2D eigenvalue weighted by Gasteiger charge is -2.13. The van der Waals surface area contributed by atoms with Crippen LogP contribution < -0.4 is 10.1 Å². The van der Waals surface area contributed by atoms with Gasteiger partial charge in [-0.2, -0.15) is 18.4 Å². The van der Waals surface area contributed by atoms with Gasteiger partial charge in [0.25, 0.3) is 11.6 Å². The van der Waals surface area contributed by atoms with E-state index >= 15 is 0 Å². The van der Waals surface area contributed by atoms with Crippen LogP contribution in [0.15, 0.2) is 78.4 Å². The van der Waals surface area contributed by atoms with Crippen LogP contribution in [-0.4, -0.2) is 16.8 Å². The summed E-state index contributed by atoms with van der Waals surface area (Å²) in [4.78, 5) is 34.3. The number of halogens is 3. The second-order valence-electron chi connectivity index (χ2n) is 6.93. The quantitative estimate of drug-likeness (QED) is 0.126. The van der Waals surface area contributed by atoms with E-state index in [1.165, 1.54) is 24.3 Å². The summed E-state index contributed by atoms with van der Waals surface area (Å²) < 4.78 is 45.2. The molecule has 0 heterocycles. The number of nitro benzene ring substituents is 1. The number of hydrogen-bond donors (Lipinski definition) is 1. The number of hydrogen-bond acceptors (Lipinski definition) is 6. The lowest BCUT2D eigenvalue weighted by atomic mass is 10.1. The molecular weight excluding hydrogens is 467 g/mol. The summed E-state index contributed by atoms with van der Waals surface area (Å²) in [6.45, 7) is 0. The standard InChI is InChI=1S/C24H14F3N3O5/c25-24(26,27)20-13-18(30(33)34)8-11-21(20)29-22(31)17(14-28)12-15-6-9-19(10-7-15)35-23(32)16-4-2-1-3-5-16/h1-13H,(H,29,31). The molecule has 1 N–H and O–H groups in total. The highest BCUT2D eigenvalue weighted by Crippen LogP contribution is 2.37. The molecule has 0 fully saturated rings. The Morgan fingerprint density at radius 2 is 1.69 bits per heavy atom. The molecule has 0 aliphatic carbocycles. The van der Waals surface area contributed by atoms with Crippen molar-refractivity contribution in [3.63, 3.8) is 0 Å². The fourth-order valence-corrected chi connectivity index (χ4v) is 2.87. The van der Waals surface area contributed by atoms with Crippen LogP contribution in [0.5, 0.6) is 5.75 Å². The Kier molecular flexibility index (Phi) is 7.26. The van der Waals surface area contributed by atoms with Crippen molar-refractivity contribution in [2.24, 2.45) is 0 Å². The lowest BCUT2D eigenvalue weighted by Crippen LogP contribution is -2.18. The summed E-state index contributed by atoms with van der Waals surface area (Å²) in [5.74, 6) is -1.54. The van der Waals surface area contributed by atoms with Crippen LogP contribution >= 0.6 is 0 Å². The molecule has 0 bridgehead atoms. The molecule has 35 heavy (non-hydrogen) atoms. The topological polar surface area (TPSA) is 122 Å². The first-order valence-electron chi connectivity index (χ1n) is 9.74. The zero-order valence-corrected chi connectivity index (χ0v) is 17.6. The van der Waals surface area contributed by atoms with E-state index in [-0.39, 0.29) is 5.75 Å². The molecule has 176 valence electrons. The number of rotatable bonds is 6. The number of carbonyl (C=O) groups excluding carboxylic acids is 2. The SMILES string of the molecule is N#CC(=Cc1ccc(OC(=O)c2ccccc2)cc1)C(=O)Nc1ccc([N+](=O)[O-])cc1C(F)(F)F. The third-order valence-corrected chi connectivity index (χ3v) is 4.54. The minimum atomic E-state index is -4.99. The summed E-state index contributed by atoms with van der Waals surface area (Å²) in [5.41, 5.74) is -2.83. The molecule has 0 aliphatic heterocycles. The first-order valence-corrected chi connectivity index (χ1v) is 9.74.